The van der Waals surface area contributed by atoms with Gasteiger partial charge in [-0.3, -0.25) is 9.80 Å². The first kappa shape index (κ1) is 38.8. The molecule has 0 unspecified atom stereocenters. The van der Waals surface area contributed by atoms with Crippen LogP contribution in [-0.2, 0) is 26.9 Å². The standard InChI is InChI=1S/C64H47BN4/c1-5-38-32-34-52-50(36-38)60-63(66(52)3)68(54-28-15-26-48-44-20-9-7-18-40(44)42-22-11-13-24-46(42)58(48)54)56-30-17-31-57-62(56)65(60)61-51-37-39(6-2)33-35-53(51)67(4)64(61)69(57)55-29-16-27-49-45-21-10-8-19-41(45)43-23-12-14-25-47(43)59(49)55/h7-37H,5-6H2,1-4H3. The van der Waals surface area contributed by atoms with Crippen molar-refractivity contribution in [2.45, 2.75) is 26.7 Å². The maximum Gasteiger partial charge on any atom is 0.257 e. The summed E-state index contributed by atoms with van der Waals surface area (Å²) in [4.78, 5) is 5.30. The van der Waals surface area contributed by atoms with E-state index in [4.69, 9.17) is 0 Å². The van der Waals surface area contributed by atoms with Gasteiger partial charge in [-0.1, -0.05) is 166 Å². The topological polar surface area (TPSA) is 16.3 Å². The zero-order valence-corrected chi connectivity index (χ0v) is 39.2. The molecule has 2 aliphatic heterocycles. The number of rotatable bonds is 4. The minimum absolute atomic E-state index is 0.0552. The molecule has 69 heavy (non-hydrogen) atoms. The van der Waals surface area contributed by atoms with Crippen molar-refractivity contribution in [1.82, 2.24) is 9.13 Å². The average Bonchev–Trinajstić information content (AvgIpc) is 3.87. The van der Waals surface area contributed by atoms with E-state index in [1.54, 1.807) is 0 Å². The van der Waals surface area contributed by atoms with Gasteiger partial charge < -0.3 is 9.13 Å². The van der Waals surface area contributed by atoms with Crippen LogP contribution >= 0.6 is 0 Å². The summed E-state index contributed by atoms with van der Waals surface area (Å²) < 4.78 is 5.00. The van der Waals surface area contributed by atoms with Crippen LogP contribution in [0.15, 0.2) is 188 Å². The predicted molar refractivity (Wildman–Crippen MR) is 297 cm³/mol. The molecule has 0 bridgehead atoms. The quantitative estimate of drug-likeness (QED) is 0.129. The number of hydrogen-bond acceptors (Lipinski definition) is 2. The molecule has 4 heterocycles. The molecule has 2 aromatic heterocycles. The van der Waals surface area contributed by atoms with Crippen molar-refractivity contribution in [2.24, 2.45) is 14.1 Å². The van der Waals surface area contributed by atoms with Gasteiger partial charge in [0, 0.05) is 47.3 Å². The number of aromatic nitrogens is 2. The van der Waals surface area contributed by atoms with Crippen LogP contribution in [0, 0.1) is 0 Å². The highest BCUT2D eigenvalue weighted by Gasteiger charge is 2.48. The number of nitrogens with zero attached hydrogens (tertiary/aromatic N) is 4. The van der Waals surface area contributed by atoms with Crippen molar-refractivity contribution >= 4 is 144 Å². The molecular formula is C64H47BN4. The minimum Gasteiger partial charge on any atom is -0.330 e. The normalized spacial score (nSPS) is 13.2. The SMILES string of the molecule is CCc1ccc2c(c1)c1c(n2C)N(c2cccc3c4ccccc4c4ccccc4c23)c2cccc3c2B1c1c(n(C)c2ccc(CC)cc12)N3c1cccc2c3ccccc3c3ccccc3c12. The Balaban J connectivity index is 1.14. The van der Waals surface area contributed by atoms with Gasteiger partial charge in [-0.15, -0.1) is 0 Å². The van der Waals surface area contributed by atoms with Crippen molar-refractivity contribution in [1.29, 1.82) is 0 Å². The third-order valence-electron chi connectivity index (χ3n) is 16.2. The molecule has 2 aliphatic rings. The summed E-state index contributed by atoms with van der Waals surface area (Å²) in [5, 5.41) is 17.9. The van der Waals surface area contributed by atoms with Crippen molar-refractivity contribution in [3.05, 3.63) is 199 Å². The first-order valence-electron chi connectivity index (χ1n) is 24.6. The van der Waals surface area contributed by atoms with Gasteiger partial charge in [0.1, 0.15) is 11.6 Å². The lowest BCUT2D eigenvalue weighted by Gasteiger charge is -2.43. The number of fused-ring (bicyclic) bond motifs is 20. The molecular weight excluding hydrogens is 836 g/mol. The van der Waals surface area contributed by atoms with E-state index in [0.717, 1.165) is 12.8 Å². The molecule has 0 spiro atoms. The third-order valence-corrected chi connectivity index (χ3v) is 16.2. The molecule has 5 heteroatoms. The number of benzene rings is 11. The summed E-state index contributed by atoms with van der Waals surface area (Å²) in [7, 11) is 4.60. The van der Waals surface area contributed by atoms with E-state index in [2.05, 4.69) is 235 Å². The first-order chi connectivity index (χ1) is 34.0. The minimum atomic E-state index is -0.0552. The number of aryl methyl sites for hydroxylation is 4. The highest BCUT2D eigenvalue weighted by Crippen LogP contribution is 2.52. The lowest BCUT2D eigenvalue weighted by molar-refractivity contribution is 0.946. The lowest BCUT2D eigenvalue weighted by atomic mass is 9.33. The largest absolute Gasteiger partial charge is 0.330 e. The third kappa shape index (κ3) is 4.99. The molecule has 0 aliphatic carbocycles. The van der Waals surface area contributed by atoms with Gasteiger partial charge in [-0.2, -0.15) is 0 Å². The van der Waals surface area contributed by atoms with E-state index >= 15 is 0 Å². The molecule has 0 N–H and O–H groups in total. The Bertz CT molecular complexity index is 4030. The van der Waals surface area contributed by atoms with E-state index in [-0.39, 0.29) is 6.71 Å². The van der Waals surface area contributed by atoms with Crippen LogP contribution in [0.5, 0.6) is 0 Å². The van der Waals surface area contributed by atoms with Gasteiger partial charge >= 0.3 is 0 Å². The van der Waals surface area contributed by atoms with Gasteiger partial charge in [-0.05, 0) is 141 Å². The summed E-state index contributed by atoms with van der Waals surface area (Å²) >= 11 is 0. The molecule has 326 valence electrons. The van der Waals surface area contributed by atoms with E-state index in [9.17, 15) is 0 Å². The number of hydrogen-bond donors (Lipinski definition) is 0. The molecule has 11 aromatic carbocycles. The van der Waals surface area contributed by atoms with Crippen LogP contribution in [0.25, 0.3) is 86.4 Å². The predicted octanol–water partition coefficient (Wildman–Crippen LogP) is 14.8. The van der Waals surface area contributed by atoms with Crippen molar-refractivity contribution in [3.63, 3.8) is 0 Å². The average molecular weight is 883 g/mol. The zero-order chi connectivity index (χ0) is 45.8. The fraction of sp³-hybridized carbons (Fsp3) is 0.0938. The summed E-state index contributed by atoms with van der Waals surface area (Å²) in [5.74, 6) is 2.45. The Morgan fingerprint density at radius 2 is 0.638 bits per heavy atom. The molecule has 0 fully saturated rings. The maximum absolute atomic E-state index is 2.65. The summed E-state index contributed by atoms with van der Waals surface area (Å²) in [6, 6.07) is 71.5. The fourth-order valence-corrected chi connectivity index (χ4v) is 13.2. The molecule has 0 amide bonds. The van der Waals surface area contributed by atoms with Gasteiger partial charge in [0.15, 0.2) is 0 Å². The Kier molecular flexibility index (Phi) is 7.95. The Labute approximate surface area is 400 Å². The molecule has 13 aromatic rings. The van der Waals surface area contributed by atoms with Crippen LogP contribution in [0.3, 0.4) is 0 Å². The molecule has 0 atom stereocenters. The van der Waals surface area contributed by atoms with Crippen molar-refractivity contribution < 1.29 is 0 Å². The second-order valence-electron chi connectivity index (χ2n) is 19.4. The molecule has 0 radical (unpaired) electrons. The monoisotopic (exact) mass is 882 g/mol. The fourth-order valence-electron chi connectivity index (χ4n) is 13.2. The van der Waals surface area contributed by atoms with Crippen molar-refractivity contribution in [3.8, 4) is 0 Å². The molecule has 0 saturated carbocycles. The smallest absolute Gasteiger partial charge is 0.257 e. The Morgan fingerprint density at radius 1 is 0.319 bits per heavy atom. The Morgan fingerprint density at radius 3 is 1.01 bits per heavy atom. The van der Waals surface area contributed by atoms with Crippen molar-refractivity contribution in [2.75, 3.05) is 9.80 Å². The lowest BCUT2D eigenvalue weighted by Crippen LogP contribution is -2.61. The second kappa shape index (κ2) is 14.1. The Hall–Kier alpha value is -8.28. The molecule has 0 saturated heterocycles. The van der Waals surface area contributed by atoms with Crippen LogP contribution < -0.4 is 26.2 Å². The van der Waals surface area contributed by atoms with E-state index in [0.29, 0.717) is 0 Å². The van der Waals surface area contributed by atoms with Crippen LogP contribution in [-0.4, -0.2) is 15.8 Å². The van der Waals surface area contributed by atoms with Crippen LogP contribution in [0.1, 0.15) is 25.0 Å². The zero-order valence-electron chi connectivity index (χ0n) is 39.2. The second-order valence-corrected chi connectivity index (χ2v) is 19.4. The summed E-state index contributed by atoms with van der Waals surface area (Å²) in [6.45, 7) is 4.51. The number of anilines is 6. The maximum atomic E-state index is 2.65. The molecule has 4 nitrogen and oxygen atoms in total. The summed E-state index contributed by atoms with van der Waals surface area (Å²) in [6.07, 6.45) is 1.93. The highest BCUT2D eigenvalue weighted by atomic mass is 15.3. The first-order valence-corrected chi connectivity index (χ1v) is 24.6. The van der Waals surface area contributed by atoms with Gasteiger partial charge in [0.05, 0.1) is 11.4 Å². The van der Waals surface area contributed by atoms with E-state index < -0.39 is 0 Å². The van der Waals surface area contributed by atoms with E-state index in [1.165, 1.54) is 148 Å². The van der Waals surface area contributed by atoms with Crippen LogP contribution in [0.2, 0.25) is 0 Å². The van der Waals surface area contributed by atoms with E-state index in [1.807, 2.05) is 0 Å². The van der Waals surface area contributed by atoms with Gasteiger partial charge in [0.25, 0.3) is 6.71 Å². The summed E-state index contributed by atoms with van der Waals surface area (Å²) in [5.41, 5.74) is 14.1. The highest BCUT2D eigenvalue weighted by molar-refractivity contribution is 7.03. The van der Waals surface area contributed by atoms with Crippen LogP contribution in [0.4, 0.5) is 34.4 Å². The van der Waals surface area contributed by atoms with Gasteiger partial charge in [-0.25, -0.2) is 0 Å². The van der Waals surface area contributed by atoms with Gasteiger partial charge in [0.2, 0.25) is 0 Å². The molecule has 15 rings (SSSR count).